The van der Waals surface area contributed by atoms with Crippen molar-refractivity contribution >= 4 is 5.78 Å². The smallest absolute Gasteiger partial charge is 0.178 e. The van der Waals surface area contributed by atoms with Gasteiger partial charge in [0.25, 0.3) is 0 Å². The molecule has 0 bridgehead atoms. The molecule has 0 unspecified atom stereocenters. The second-order valence-electron chi connectivity index (χ2n) is 3.52. The van der Waals surface area contributed by atoms with E-state index in [2.05, 4.69) is 4.98 Å². The van der Waals surface area contributed by atoms with Crippen LogP contribution in [0, 0.1) is 0 Å². The van der Waals surface area contributed by atoms with Crippen LogP contribution in [0.5, 0.6) is 0 Å². The van der Waals surface area contributed by atoms with Crippen molar-refractivity contribution in [2.75, 3.05) is 0 Å². The van der Waals surface area contributed by atoms with Gasteiger partial charge in [0.15, 0.2) is 5.78 Å². The second-order valence-corrected chi connectivity index (χ2v) is 3.52. The van der Waals surface area contributed by atoms with Crippen molar-refractivity contribution in [2.24, 2.45) is 0 Å². The van der Waals surface area contributed by atoms with Crippen LogP contribution < -0.4 is 0 Å². The average molecular weight is 179 g/mol. The number of pyridine rings is 1. The van der Waals surface area contributed by atoms with Crippen LogP contribution >= 0.6 is 0 Å². The third-order valence-corrected chi connectivity index (χ3v) is 1.74. The molecule has 0 atom stereocenters. The van der Waals surface area contributed by atoms with Crippen LogP contribution in [0.25, 0.3) is 0 Å². The van der Waals surface area contributed by atoms with Gasteiger partial charge in [-0.05, 0) is 26.0 Å². The van der Waals surface area contributed by atoms with Crippen molar-refractivity contribution < 1.29 is 9.90 Å². The van der Waals surface area contributed by atoms with Crippen molar-refractivity contribution in [3.05, 3.63) is 29.6 Å². The first kappa shape index (κ1) is 9.86. The average Bonchev–Trinajstić information content (AvgIpc) is 2.03. The number of aliphatic hydroxyl groups is 1. The predicted molar refractivity (Wildman–Crippen MR) is 49.5 cm³/mol. The van der Waals surface area contributed by atoms with Crippen LogP contribution in [0.1, 0.15) is 37.0 Å². The Balaban J connectivity index is 3.13. The number of carbonyl (C=O) groups is 1. The molecule has 0 fully saturated rings. The number of rotatable bonds is 2. The van der Waals surface area contributed by atoms with Crippen LogP contribution in [-0.4, -0.2) is 15.9 Å². The molecule has 70 valence electrons. The molecular formula is C10H13NO2. The van der Waals surface area contributed by atoms with E-state index in [1.807, 2.05) is 0 Å². The fraction of sp³-hybridized carbons (Fsp3) is 0.400. The molecule has 1 heterocycles. The third kappa shape index (κ3) is 2.36. The molecular weight excluding hydrogens is 166 g/mol. The van der Waals surface area contributed by atoms with Crippen LogP contribution in [0.4, 0.5) is 0 Å². The monoisotopic (exact) mass is 179 g/mol. The number of carbonyl (C=O) groups excluding carboxylic acids is 1. The van der Waals surface area contributed by atoms with Crippen molar-refractivity contribution in [1.29, 1.82) is 0 Å². The molecule has 0 aliphatic rings. The minimum Gasteiger partial charge on any atom is -0.384 e. The van der Waals surface area contributed by atoms with Gasteiger partial charge in [0.05, 0.1) is 5.69 Å². The molecule has 0 aromatic carbocycles. The summed E-state index contributed by atoms with van der Waals surface area (Å²) in [6, 6.07) is 5.06. The van der Waals surface area contributed by atoms with Gasteiger partial charge in [0, 0.05) is 6.92 Å². The molecule has 0 aliphatic heterocycles. The highest BCUT2D eigenvalue weighted by molar-refractivity contribution is 5.92. The van der Waals surface area contributed by atoms with Crippen molar-refractivity contribution in [2.45, 2.75) is 26.4 Å². The highest BCUT2D eigenvalue weighted by atomic mass is 16.3. The van der Waals surface area contributed by atoms with Crippen LogP contribution in [0.2, 0.25) is 0 Å². The summed E-state index contributed by atoms with van der Waals surface area (Å²) in [5.41, 5.74) is -0.0920. The normalized spacial score (nSPS) is 11.4. The zero-order chi connectivity index (χ0) is 10.1. The molecule has 0 saturated heterocycles. The topological polar surface area (TPSA) is 50.2 Å². The van der Waals surface area contributed by atoms with Gasteiger partial charge >= 0.3 is 0 Å². The SMILES string of the molecule is CC(=O)c1cccc(C(C)(C)O)n1. The molecule has 0 aliphatic carbocycles. The van der Waals surface area contributed by atoms with E-state index in [4.69, 9.17) is 0 Å². The Labute approximate surface area is 77.4 Å². The van der Waals surface area contributed by atoms with Crippen LogP contribution in [0.15, 0.2) is 18.2 Å². The Hall–Kier alpha value is -1.22. The van der Waals surface area contributed by atoms with Gasteiger partial charge in [-0.1, -0.05) is 6.07 Å². The number of aromatic nitrogens is 1. The number of ketones is 1. The van der Waals surface area contributed by atoms with Crippen molar-refractivity contribution in [1.82, 2.24) is 4.98 Å². The lowest BCUT2D eigenvalue weighted by Crippen LogP contribution is -2.18. The summed E-state index contributed by atoms with van der Waals surface area (Å²) in [7, 11) is 0. The maximum Gasteiger partial charge on any atom is 0.178 e. The van der Waals surface area contributed by atoms with E-state index >= 15 is 0 Å². The molecule has 0 saturated carbocycles. The summed E-state index contributed by atoms with van der Waals surface area (Å²) >= 11 is 0. The van der Waals surface area contributed by atoms with E-state index in [0.717, 1.165) is 0 Å². The Morgan fingerprint density at radius 1 is 1.46 bits per heavy atom. The minimum absolute atomic E-state index is 0.0916. The summed E-state index contributed by atoms with van der Waals surface area (Å²) < 4.78 is 0. The molecule has 0 spiro atoms. The quantitative estimate of drug-likeness (QED) is 0.700. The lowest BCUT2D eigenvalue weighted by Gasteiger charge is -2.16. The van der Waals surface area contributed by atoms with Gasteiger partial charge in [-0.3, -0.25) is 4.79 Å². The Bertz CT molecular complexity index is 326. The van der Waals surface area contributed by atoms with E-state index in [1.165, 1.54) is 6.92 Å². The molecule has 1 N–H and O–H groups in total. The molecule has 0 radical (unpaired) electrons. The maximum atomic E-state index is 11.0. The van der Waals surface area contributed by atoms with Crippen molar-refractivity contribution in [3.8, 4) is 0 Å². The molecule has 1 aromatic heterocycles. The Morgan fingerprint density at radius 3 is 2.54 bits per heavy atom. The van der Waals surface area contributed by atoms with Gasteiger partial charge in [-0.15, -0.1) is 0 Å². The molecule has 13 heavy (non-hydrogen) atoms. The van der Waals surface area contributed by atoms with E-state index in [9.17, 15) is 9.90 Å². The van der Waals surface area contributed by atoms with Gasteiger partial charge in [-0.2, -0.15) is 0 Å². The molecule has 3 heteroatoms. The first-order valence-electron chi connectivity index (χ1n) is 4.12. The fourth-order valence-electron chi connectivity index (χ4n) is 0.972. The fourth-order valence-corrected chi connectivity index (χ4v) is 0.972. The predicted octanol–water partition coefficient (Wildman–Crippen LogP) is 1.51. The van der Waals surface area contributed by atoms with Crippen LogP contribution in [0.3, 0.4) is 0 Å². The minimum atomic E-state index is -0.995. The summed E-state index contributed by atoms with van der Waals surface area (Å²) in [6.07, 6.45) is 0. The number of nitrogens with zero attached hydrogens (tertiary/aromatic N) is 1. The molecule has 1 rings (SSSR count). The Morgan fingerprint density at radius 2 is 2.08 bits per heavy atom. The van der Waals surface area contributed by atoms with E-state index in [1.54, 1.807) is 32.0 Å². The molecule has 0 amide bonds. The van der Waals surface area contributed by atoms with E-state index in [-0.39, 0.29) is 5.78 Å². The van der Waals surface area contributed by atoms with Gasteiger partial charge < -0.3 is 5.11 Å². The highest BCUT2D eigenvalue weighted by Crippen LogP contribution is 2.16. The number of hydrogen-bond donors (Lipinski definition) is 1. The van der Waals surface area contributed by atoms with Gasteiger partial charge in [0.1, 0.15) is 11.3 Å². The first-order valence-corrected chi connectivity index (χ1v) is 4.12. The van der Waals surface area contributed by atoms with Crippen molar-refractivity contribution in [3.63, 3.8) is 0 Å². The Kier molecular flexibility index (Phi) is 2.48. The number of Topliss-reactive ketones (excluding diaryl/α,β-unsaturated/α-hetero) is 1. The molecule has 1 aromatic rings. The highest BCUT2D eigenvalue weighted by Gasteiger charge is 2.18. The largest absolute Gasteiger partial charge is 0.384 e. The van der Waals surface area contributed by atoms with Gasteiger partial charge in [-0.25, -0.2) is 4.98 Å². The lowest BCUT2D eigenvalue weighted by atomic mass is 10.0. The number of hydrogen-bond acceptors (Lipinski definition) is 3. The van der Waals surface area contributed by atoms with E-state index in [0.29, 0.717) is 11.4 Å². The summed E-state index contributed by atoms with van der Waals surface area (Å²) in [4.78, 5) is 15.0. The van der Waals surface area contributed by atoms with Gasteiger partial charge in [0.2, 0.25) is 0 Å². The maximum absolute atomic E-state index is 11.0. The first-order chi connectivity index (χ1) is 5.91. The lowest BCUT2D eigenvalue weighted by molar-refractivity contribution is 0.0735. The summed E-state index contributed by atoms with van der Waals surface area (Å²) in [5.74, 6) is -0.0916. The zero-order valence-corrected chi connectivity index (χ0v) is 8.03. The second kappa shape index (κ2) is 3.26. The van der Waals surface area contributed by atoms with Crippen LogP contribution in [-0.2, 0) is 5.60 Å². The summed E-state index contributed by atoms with van der Waals surface area (Å²) in [5, 5.41) is 9.62. The summed E-state index contributed by atoms with van der Waals surface area (Å²) in [6.45, 7) is 4.73. The standard InChI is InChI=1S/C10H13NO2/c1-7(12)8-5-4-6-9(11-8)10(2,3)13/h4-6,13H,1-3H3. The zero-order valence-electron chi connectivity index (χ0n) is 8.03. The van der Waals surface area contributed by atoms with E-state index < -0.39 is 5.60 Å². The third-order valence-electron chi connectivity index (χ3n) is 1.74. The molecule has 3 nitrogen and oxygen atoms in total.